The number of fused-ring (bicyclic) bond motifs is 1. The smallest absolute Gasteiger partial charge is 0.338 e. The summed E-state index contributed by atoms with van der Waals surface area (Å²) in [5.74, 6) is -1.25. The fourth-order valence-corrected chi connectivity index (χ4v) is 5.71. The lowest BCUT2D eigenvalue weighted by Crippen LogP contribution is -2.29. The van der Waals surface area contributed by atoms with Crippen molar-refractivity contribution in [3.63, 3.8) is 0 Å². The number of carboxylic acids is 1. The van der Waals surface area contributed by atoms with Crippen LogP contribution in [0, 0.1) is 0 Å². The van der Waals surface area contributed by atoms with E-state index < -0.39 is 22.1 Å². The van der Waals surface area contributed by atoms with E-state index in [0.717, 1.165) is 16.2 Å². The predicted octanol–water partition coefficient (Wildman–Crippen LogP) is 1.10. The molecule has 4 N–H and O–H groups in total. The number of aromatic carboxylic acids is 1. The average Bonchev–Trinajstić information content (AvgIpc) is 3.01. The Morgan fingerprint density at radius 2 is 2.04 bits per heavy atom. The average molecular weight is 382 g/mol. The van der Waals surface area contributed by atoms with Gasteiger partial charge in [-0.3, -0.25) is 0 Å². The number of sulfonamides is 1. The molecule has 0 saturated heterocycles. The number of carboxylic acid groups (broad SMARTS) is 1. The van der Waals surface area contributed by atoms with E-state index in [2.05, 4.69) is 10.0 Å². The maximum atomic E-state index is 12.6. The summed E-state index contributed by atoms with van der Waals surface area (Å²) in [6.07, 6.45) is -0.532. The van der Waals surface area contributed by atoms with Gasteiger partial charge in [0.1, 0.15) is 4.21 Å². The summed E-state index contributed by atoms with van der Waals surface area (Å²) >= 11 is 0.969. The summed E-state index contributed by atoms with van der Waals surface area (Å²) in [6, 6.07) is 8.67. The Hall–Kier alpha value is -1.78. The third-order valence-corrected chi connectivity index (χ3v) is 7.18. The quantitative estimate of drug-likeness (QED) is 0.595. The third-order valence-electron chi connectivity index (χ3n) is 4.00. The van der Waals surface area contributed by atoms with Crippen LogP contribution in [0.25, 0.3) is 0 Å². The molecule has 9 heteroatoms. The number of carbonyl (C=O) groups is 1. The molecule has 0 radical (unpaired) electrons. The second-order valence-corrected chi connectivity index (χ2v) is 8.74. The van der Waals surface area contributed by atoms with Crippen molar-refractivity contribution in [2.75, 3.05) is 13.1 Å². The minimum Gasteiger partial charge on any atom is -0.478 e. The SMILES string of the molecule is O=C(O)c1c(S(=O)(=O)NC[C@@H](O)c2ccccc2)sc2c1CCNC2. The van der Waals surface area contributed by atoms with Crippen LogP contribution in [0.15, 0.2) is 34.5 Å². The van der Waals surface area contributed by atoms with Crippen molar-refractivity contribution in [2.45, 2.75) is 23.3 Å². The van der Waals surface area contributed by atoms with Crippen molar-refractivity contribution >= 4 is 27.3 Å². The van der Waals surface area contributed by atoms with Gasteiger partial charge in [0.05, 0.1) is 11.7 Å². The molecule has 3 rings (SSSR count). The van der Waals surface area contributed by atoms with Crippen LogP contribution in [-0.2, 0) is 23.0 Å². The molecule has 25 heavy (non-hydrogen) atoms. The van der Waals surface area contributed by atoms with Crippen LogP contribution in [0.5, 0.6) is 0 Å². The van der Waals surface area contributed by atoms with E-state index in [1.54, 1.807) is 30.3 Å². The minimum absolute atomic E-state index is 0.150. The number of nitrogens with one attached hydrogen (secondary N) is 2. The van der Waals surface area contributed by atoms with Gasteiger partial charge >= 0.3 is 5.97 Å². The van der Waals surface area contributed by atoms with Gasteiger partial charge in [-0.1, -0.05) is 30.3 Å². The molecule has 1 aromatic carbocycles. The number of rotatable bonds is 6. The fraction of sp³-hybridized carbons (Fsp3) is 0.312. The predicted molar refractivity (Wildman–Crippen MR) is 93.3 cm³/mol. The van der Waals surface area contributed by atoms with Crippen molar-refractivity contribution in [1.29, 1.82) is 0 Å². The zero-order chi connectivity index (χ0) is 18.0. The van der Waals surface area contributed by atoms with E-state index in [-0.39, 0.29) is 16.3 Å². The number of aliphatic hydroxyl groups excluding tert-OH is 1. The van der Waals surface area contributed by atoms with E-state index in [4.69, 9.17) is 0 Å². The molecule has 7 nitrogen and oxygen atoms in total. The van der Waals surface area contributed by atoms with Crippen LogP contribution >= 0.6 is 11.3 Å². The molecule has 0 unspecified atom stereocenters. The highest BCUT2D eigenvalue weighted by atomic mass is 32.2. The van der Waals surface area contributed by atoms with Crippen LogP contribution in [-0.4, -0.2) is 37.7 Å². The number of thiophene rings is 1. The molecule has 1 aliphatic rings. The molecular formula is C16H18N2O5S2. The molecule has 0 aliphatic carbocycles. The lowest BCUT2D eigenvalue weighted by Gasteiger charge is -2.13. The Morgan fingerprint density at radius 1 is 1.32 bits per heavy atom. The Bertz CT molecular complexity index is 877. The Kier molecular flexibility index (Phi) is 5.21. The van der Waals surface area contributed by atoms with Crippen molar-refractivity contribution < 1.29 is 23.4 Å². The van der Waals surface area contributed by atoms with Crippen molar-refractivity contribution in [3.8, 4) is 0 Å². The molecule has 0 amide bonds. The highest BCUT2D eigenvalue weighted by molar-refractivity contribution is 7.91. The zero-order valence-electron chi connectivity index (χ0n) is 13.2. The van der Waals surface area contributed by atoms with Crippen LogP contribution in [0.1, 0.15) is 32.5 Å². The number of hydrogen-bond donors (Lipinski definition) is 4. The first kappa shape index (κ1) is 18.0. The Labute approximate surface area is 149 Å². The monoisotopic (exact) mass is 382 g/mol. The fourth-order valence-electron chi connectivity index (χ4n) is 2.76. The van der Waals surface area contributed by atoms with E-state index in [9.17, 15) is 23.4 Å². The molecule has 134 valence electrons. The van der Waals surface area contributed by atoms with Gasteiger partial charge in [-0.2, -0.15) is 0 Å². The van der Waals surface area contributed by atoms with Crippen molar-refractivity contribution in [1.82, 2.24) is 10.0 Å². The highest BCUT2D eigenvalue weighted by Crippen LogP contribution is 2.34. The van der Waals surface area contributed by atoms with E-state index in [1.807, 2.05) is 0 Å². The molecule has 2 heterocycles. The summed E-state index contributed by atoms with van der Waals surface area (Å²) in [7, 11) is -4.03. The molecule has 1 atom stereocenters. The number of aliphatic hydroxyl groups is 1. The second kappa shape index (κ2) is 7.22. The van der Waals surface area contributed by atoms with E-state index in [1.165, 1.54) is 0 Å². The molecule has 0 saturated carbocycles. The summed E-state index contributed by atoms with van der Waals surface area (Å²) in [4.78, 5) is 12.3. The first-order valence-corrected chi connectivity index (χ1v) is 10.0. The lowest BCUT2D eigenvalue weighted by molar-refractivity contribution is 0.0692. The molecule has 0 spiro atoms. The van der Waals surface area contributed by atoms with E-state index >= 15 is 0 Å². The Morgan fingerprint density at radius 3 is 2.72 bits per heavy atom. The normalized spacial score (nSPS) is 15.6. The molecular weight excluding hydrogens is 364 g/mol. The molecule has 1 aromatic heterocycles. The van der Waals surface area contributed by atoms with Crippen LogP contribution in [0.3, 0.4) is 0 Å². The van der Waals surface area contributed by atoms with Gasteiger partial charge < -0.3 is 15.5 Å². The minimum atomic E-state index is -4.03. The standard InChI is InChI=1S/C16H18N2O5S2/c19-12(10-4-2-1-3-5-10)8-18-25(22,23)16-14(15(20)21)11-6-7-17-9-13(11)24-16/h1-5,12,17-19H,6-9H2,(H,20,21)/t12-/m1/s1. The lowest BCUT2D eigenvalue weighted by atomic mass is 10.1. The maximum absolute atomic E-state index is 12.6. The largest absolute Gasteiger partial charge is 0.478 e. The van der Waals surface area contributed by atoms with Gasteiger partial charge in [-0.05, 0) is 24.1 Å². The number of benzene rings is 1. The molecule has 2 aromatic rings. The first-order chi connectivity index (χ1) is 11.9. The number of hydrogen-bond acceptors (Lipinski definition) is 6. The molecule has 1 aliphatic heterocycles. The summed E-state index contributed by atoms with van der Waals surface area (Å²) < 4.78 is 27.4. The highest BCUT2D eigenvalue weighted by Gasteiger charge is 2.32. The van der Waals surface area contributed by atoms with Crippen molar-refractivity contribution in [3.05, 3.63) is 51.9 Å². The maximum Gasteiger partial charge on any atom is 0.338 e. The Balaban J connectivity index is 1.85. The first-order valence-electron chi connectivity index (χ1n) is 7.71. The molecule has 0 fully saturated rings. The van der Waals surface area contributed by atoms with Crippen LogP contribution < -0.4 is 10.0 Å². The van der Waals surface area contributed by atoms with Gasteiger partial charge in [0.2, 0.25) is 0 Å². The molecule has 0 bridgehead atoms. The van der Waals surface area contributed by atoms with Gasteiger partial charge in [0.25, 0.3) is 10.0 Å². The second-order valence-electron chi connectivity index (χ2n) is 5.68. The van der Waals surface area contributed by atoms with Gasteiger partial charge in [-0.15, -0.1) is 11.3 Å². The van der Waals surface area contributed by atoms with Crippen LogP contribution in [0.4, 0.5) is 0 Å². The summed E-state index contributed by atoms with van der Waals surface area (Å²) in [5, 5.41) is 22.7. The topological polar surface area (TPSA) is 116 Å². The van der Waals surface area contributed by atoms with Crippen molar-refractivity contribution in [2.24, 2.45) is 0 Å². The van der Waals surface area contributed by atoms with Gasteiger partial charge in [0, 0.05) is 18.0 Å². The zero-order valence-corrected chi connectivity index (χ0v) is 14.9. The van der Waals surface area contributed by atoms with Gasteiger partial charge in [0.15, 0.2) is 0 Å². The van der Waals surface area contributed by atoms with E-state index in [0.29, 0.717) is 30.6 Å². The summed E-state index contributed by atoms with van der Waals surface area (Å²) in [6.45, 7) is 0.846. The van der Waals surface area contributed by atoms with Crippen LogP contribution in [0.2, 0.25) is 0 Å². The summed E-state index contributed by atoms with van der Waals surface area (Å²) in [5.41, 5.74) is 1.02. The van der Waals surface area contributed by atoms with Gasteiger partial charge in [-0.25, -0.2) is 17.9 Å². The third kappa shape index (κ3) is 3.75.